The van der Waals surface area contributed by atoms with Gasteiger partial charge in [0.25, 0.3) is 21.0 Å². The maximum Gasteiger partial charge on any atom is 0.434 e. The molecule has 31 heavy (non-hydrogen) atoms. The fraction of sp³-hybridized carbons (Fsp3) is 0.333. The maximum atomic E-state index is 13.0. The van der Waals surface area contributed by atoms with Crippen molar-refractivity contribution in [3.05, 3.63) is 39.0 Å². The van der Waals surface area contributed by atoms with Crippen LogP contribution >= 0.6 is 11.6 Å². The number of aromatic nitrogens is 2. The van der Waals surface area contributed by atoms with E-state index in [0.29, 0.717) is 4.68 Å². The van der Waals surface area contributed by atoms with Gasteiger partial charge in [-0.25, -0.2) is 13.1 Å². The minimum atomic E-state index is -4.80. The number of nitrogens with one attached hydrogen (secondary N) is 1. The molecule has 0 fully saturated rings. The van der Waals surface area contributed by atoms with Gasteiger partial charge in [0.1, 0.15) is 10.8 Å². The molecule has 0 radical (unpaired) electrons. The minimum Gasteiger partial charge on any atom is -0.486 e. The average Bonchev–Trinajstić information content (AvgIpc) is 2.94. The van der Waals surface area contributed by atoms with Gasteiger partial charge in [-0.05, 0) is 13.1 Å². The van der Waals surface area contributed by atoms with E-state index in [9.17, 15) is 36.5 Å². The van der Waals surface area contributed by atoms with E-state index in [1.54, 1.807) is 0 Å². The van der Waals surface area contributed by atoms with Crippen molar-refractivity contribution in [2.75, 3.05) is 13.7 Å². The molecule has 0 spiro atoms. The Balaban J connectivity index is 2.26. The highest BCUT2D eigenvalue weighted by Crippen LogP contribution is 2.41. The molecule has 1 aromatic heterocycles. The normalized spacial score (nSPS) is 11.9. The maximum absolute atomic E-state index is 13.0. The molecule has 1 aromatic carbocycles. The SMILES string of the molecule is CNS(=O)(=O)C(=O)CCOc1cc(Oc2nn(C)c(C(F)(F)F)c2Cl)ccc1[N+](=O)[O-]. The van der Waals surface area contributed by atoms with Crippen molar-refractivity contribution in [2.45, 2.75) is 12.6 Å². The van der Waals surface area contributed by atoms with Crippen LogP contribution in [0.2, 0.25) is 5.02 Å². The van der Waals surface area contributed by atoms with Crippen LogP contribution < -0.4 is 14.2 Å². The number of carbonyl (C=O) groups is 1. The molecule has 0 unspecified atom stereocenters. The van der Waals surface area contributed by atoms with Gasteiger partial charge in [-0.3, -0.25) is 19.6 Å². The number of rotatable bonds is 8. The Hall–Kier alpha value is -2.91. The molecule has 0 aliphatic rings. The predicted molar refractivity (Wildman–Crippen MR) is 99.5 cm³/mol. The lowest BCUT2D eigenvalue weighted by Crippen LogP contribution is -2.28. The van der Waals surface area contributed by atoms with Crippen LogP contribution in [0.15, 0.2) is 18.2 Å². The van der Waals surface area contributed by atoms with E-state index in [4.69, 9.17) is 21.1 Å². The standard InChI is InChI=1S/C15H14ClF3N4O7S/c1-20-31(27,28)11(24)5-6-29-10-7-8(3-4-9(10)23(25)26)30-14-12(16)13(15(17,18)19)22(2)21-14/h3-4,7,20H,5-6H2,1-2H3. The fourth-order valence-corrected chi connectivity index (χ4v) is 3.16. The summed E-state index contributed by atoms with van der Waals surface area (Å²) in [5.74, 6) is -1.23. The first-order valence-electron chi connectivity index (χ1n) is 8.13. The van der Waals surface area contributed by atoms with Gasteiger partial charge < -0.3 is 9.47 Å². The number of hydrogen-bond acceptors (Lipinski definition) is 8. The van der Waals surface area contributed by atoms with Crippen LogP contribution in [0.25, 0.3) is 0 Å². The molecular formula is C15H14ClF3N4O7S. The lowest BCUT2D eigenvalue weighted by atomic mass is 10.3. The van der Waals surface area contributed by atoms with Crippen LogP contribution in [0.1, 0.15) is 12.1 Å². The van der Waals surface area contributed by atoms with Crippen molar-refractivity contribution < 1.29 is 40.8 Å². The lowest BCUT2D eigenvalue weighted by Gasteiger charge is -2.09. The molecule has 0 aliphatic heterocycles. The zero-order valence-corrected chi connectivity index (χ0v) is 17.3. The molecular weight excluding hydrogens is 473 g/mol. The third-order valence-electron chi connectivity index (χ3n) is 3.70. The zero-order chi connectivity index (χ0) is 23.6. The second-order valence-corrected chi connectivity index (χ2v) is 8.00. The summed E-state index contributed by atoms with van der Waals surface area (Å²) >= 11 is 5.69. The van der Waals surface area contributed by atoms with Gasteiger partial charge in [0.15, 0.2) is 5.69 Å². The Labute approximate surface area is 177 Å². The Morgan fingerprint density at radius 2 is 2.03 bits per heavy atom. The number of nitrogens with zero attached hydrogens (tertiary/aromatic N) is 3. The highest BCUT2D eigenvalue weighted by atomic mass is 35.5. The molecule has 0 aliphatic carbocycles. The van der Waals surface area contributed by atoms with Gasteiger partial charge >= 0.3 is 11.9 Å². The summed E-state index contributed by atoms with van der Waals surface area (Å²) in [4.78, 5) is 21.9. The smallest absolute Gasteiger partial charge is 0.434 e. The predicted octanol–water partition coefficient (Wildman–Crippen LogP) is 2.64. The van der Waals surface area contributed by atoms with Crippen molar-refractivity contribution >= 4 is 32.4 Å². The molecule has 0 saturated heterocycles. The van der Waals surface area contributed by atoms with Crippen LogP contribution in [-0.4, -0.2) is 41.9 Å². The topological polar surface area (TPSA) is 143 Å². The summed E-state index contributed by atoms with van der Waals surface area (Å²) in [7, 11) is -2.15. The molecule has 0 saturated carbocycles. The van der Waals surface area contributed by atoms with Gasteiger partial charge in [-0.1, -0.05) is 11.6 Å². The summed E-state index contributed by atoms with van der Waals surface area (Å²) in [6.45, 7) is -0.535. The first-order chi connectivity index (χ1) is 14.3. The molecule has 11 nitrogen and oxygen atoms in total. The molecule has 1 N–H and O–H groups in total. The zero-order valence-electron chi connectivity index (χ0n) is 15.8. The van der Waals surface area contributed by atoms with Crippen LogP contribution in [-0.2, 0) is 28.0 Å². The molecule has 0 atom stereocenters. The quantitative estimate of drug-likeness (QED) is 0.443. The second-order valence-electron chi connectivity index (χ2n) is 5.76. The lowest BCUT2D eigenvalue weighted by molar-refractivity contribution is -0.385. The van der Waals surface area contributed by atoms with E-state index < -0.39 is 67.3 Å². The molecule has 2 aromatic rings. The van der Waals surface area contributed by atoms with Crippen LogP contribution in [0.3, 0.4) is 0 Å². The number of alkyl halides is 3. The number of sulfonamides is 1. The van der Waals surface area contributed by atoms with E-state index in [1.807, 2.05) is 4.72 Å². The minimum absolute atomic E-state index is 0.205. The number of nitro benzene ring substituents is 1. The van der Waals surface area contributed by atoms with Crippen molar-refractivity contribution in [2.24, 2.45) is 7.05 Å². The average molecular weight is 487 g/mol. The molecule has 16 heteroatoms. The van der Waals surface area contributed by atoms with E-state index in [2.05, 4.69) is 5.10 Å². The van der Waals surface area contributed by atoms with E-state index in [0.717, 1.165) is 32.3 Å². The Kier molecular flexibility index (Phi) is 7.13. The Morgan fingerprint density at radius 1 is 1.39 bits per heavy atom. The van der Waals surface area contributed by atoms with Crippen molar-refractivity contribution in [1.82, 2.24) is 14.5 Å². The molecule has 170 valence electrons. The first kappa shape index (κ1) is 24.4. The first-order valence-corrected chi connectivity index (χ1v) is 9.99. The molecule has 0 bridgehead atoms. The van der Waals surface area contributed by atoms with Gasteiger partial charge in [-0.15, -0.1) is 5.10 Å². The Morgan fingerprint density at radius 3 is 2.55 bits per heavy atom. The van der Waals surface area contributed by atoms with Gasteiger partial charge in [0.2, 0.25) is 5.75 Å². The summed E-state index contributed by atoms with van der Waals surface area (Å²) < 4.78 is 74.4. The number of benzene rings is 1. The van der Waals surface area contributed by atoms with Gasteiger partial charge in [0.05, 0.1) is 18.0 Å². The van der Waals surface area contributed by atoms with Crippen molar-refractivity contribution in [3.63, 3.8) is 0 Å². The van der Waals surface area contributed by atoms with Crippen molar-refractivity contribution in [3.8, 4) is 17.4 Å². The second kappa shape index (κ2) is 9.07. The number of ether oxygens (including phenoxy) is 2. The molecule has 1 heterocycles. The van der Waals surface area contributed by atoms with E-state index in [-0.39, 0.29) is 5.75 Å². The Bertz CT molecular complexity index is 1120. The van der Waals surface area contributed by atoms with Crippen LogP contribution in [0.4, 0.5) is 18.9 Å². The van der Waals surface area contributed by atoms with E-state index in [1.165, 1.54) is 0 Å². The van der Waals surface area contributed by atoms with Gasteiger partial charge in [-0.2, -0.15) is 13.2 Å². The number of aryl methyl sites for hydroxylation is 1. The highest BCUT2D eigenvalue weighted by molar-refractivity contribution is 8.04. The third kappa shape index (κ3) is 5.62. The highest BCUT2D eigenvalue weighted by Gasteiger charge is 2.39. The number of carbonyl (C=O) groups excluding carboxylic acids is 1. The summed E-state index contributed by atoms with van der Waals surface area (Å²) in [5, 5.41) is 12.7. The summed E-state index contributed by atoms with van der Waals surface area (Å²) in [6.07, 6.45) is -5.42. The van der Waals surface area contributed by atoms with Crippen LogP contribution in [0, 0.1) is 10.1 Å². The number of halogens is 4. The number of hydrogen-bond donors (Lipinski definition) is 1. The third-order valence-corrected chi connectivity index (χ3v) is 5.39. The largest absolute Gasteiger partial charge is 0.486 e. The number of nitro groups is 1. The van der Waals surface area contributed by atoms with E-state index >= 15 is 0 Å². The van der Waals surface area contributed by atoms with Crippen molar-refractivity contribution in [1.29, 1.82) is 0 Å². The summed E-state index contributed by atoms with van der Waals surface area (Å²) in [5.41, 5.74) is -1.81. The van der Waals surface area contributed by atoms with Gasteiger partial charge in [0, 0.05) is 19.2 Å². The fourth-order valence-electron chi connectivity index (χ4n) is 2.28. The molecule has 0 amide bonds. The monoisotopic (exact) mass is 486 g/mol. The summed E-state index contributed by atoms with van der Waals surface area (Å²) in [6, 6.07) is 2.98. The molecule has 2 rings (SSSR count). The van der Waals surface area contributed by atoms with Crippen LogP contribution in [0.5, 0.6) is 17.4 Å².